The molecule has 0 unspecified atom stereocenters. The first-order chi connectivity index (χ1) is 16.1. The maximum absolute atomic E-state index is 12.7. The summed E-state index contributed by atoms with van der Waals surface area (Å²) in [5.74, 6) is 0.645. The number of ether oxygens (including phenoxy) is 1. The van der Waals surface area contributed by atoms with Crippen molar-refractivity contribution in [3.8, 4) is 11.5 Å². The first kappa shape index (κ1) is 20.6. The van der Waals surface area contributed by atoms with Gasteiger partial charge in [-0.25, -0.2) is 5.43 Å². The van der Waals surface area contributed by atoms with Crippen LogP contribution in [-0.4, -0.2) is 24.3 Å². The van der Waals surface area contributed by atoms with Gasteiger partial charge in [0.2, 0.25) is 0 Å². The van der Waals surface area contributed by atoms with Crippen LogP contribution in [0.5, 0.6) is 11.5 Å². The number of aromatic hydroxyl groups is 1. The van der Waals surface area contributed by atoms with Crippen molar-refractivity contribution < 1.29 is 14.6 Å². The number of anilines is 1. The molecular formula is C27H23N3O3. The zero-order chi connectivity index (χ0) is 22.8. The zero-order valence-corrected chi connectivity index (χ0v) is 18.2. The lowest BCUT2D eigenvalue weighted by molar-refractivity contribution is 0.0955. The Kier molecular flexibility index (Phi) is 5.40. The normalized spacial score (nSPS) is 12.8. The summed E-state index contributed by atoms with van der Waals surface area (Å²) in [6, 6.07) is 24.9. The van der Waals surface area contributed by atoms with Crippen LogP contribution in [0.3, 0.4) is 0 Å². The summed E-state index contributed by atoms with van der Waals surface area (Å²) >= 11 is 0. The Hall–Kier alpha value is -4.32. The van der Waals surface area contributed by atoms with Crippen LogP contribution in [0.15, 0.2) is 84.0 Å². The van der Waals surface area contributed by atoms with Gasteiger partial charge >= 0.3 is 0 Å². The van der Waals surface area contributed by atoms with Gasteiger partial charge in [-0.3, -0.25) is 4.79 Å². The number of carbonyl (C=O) groups excluding carboxylic acids is 1. The molecule has 0 aromatic heterocycles. The molecule has 0 atom stereocenters. The molecule has 5 rings (SSSR count). The number of carbonyl (C=O) groups is 1. The number of hydrogen-bond donors (Lipinski definition) is 2. The van der Waals surface area contributed by atoms with Crippen LogP contribution in [0.1, 0.15) is 27.0 Å². The van der Waals surface area contributed by atoms with E-state index in [4.69, 9.17) is 4.74 Å². The van der Waals surface area contributed by atoms with Gasteiger partial charge in [0.05, 0.1) is 13.3 Å². The van der Waals surface area contributed by atoms with Crippen molar-refractivity contribution in [1.29, 1.82) is 0 Å². The first-order valence-electron chi connectivity index (χ1n) is 10.7. The van der Waals surface area contributed by atoms with E-state index in [2.05, 4.69) is 15.4 Å². The molecule has 6 nitrogen and oxygen atoms in total. The summed E-state index contributed by atoms with van der Waals surface area (Å²) < 4.78 is 5.24. The van der Waals surface area contributed by atoms with Crippen LogP contribution in [0.25, 0.3) is 10.8 Å². The van der Waals surface area contributed by atoms with Crippen LogP contribution in [-0.2, 0) is 13.1 Å². The van der Waals surface area contributed by atoms with Gasteiger partial charge in [0.15, 0.2) is 0 Å². The number of methoxy groups -OCH3 is 1. The van der Waals surface area contributed by atoms with E-state index in [0.29, 0.717) is 11.1 Å². The van der Waals surface area contributed by atoms with Gasteiger partial charge in [-0.15, -0.1) is 0 Å². The highest BCUT2D eigenvalue weighted by Gasteiger charge is 2.20. The molecule has 0 saturated heterocycles. The minimum absolute atomic E-state index is 0.114. The quantitative estimate of drug-likeness (QED) is 0.346. The molecule has 2 N–H and O–H groups in total. The number of hydrazone groups is 1. The van der Waals surface area contributed by atoms with Crippen molar-refractivity contribution in [2.24, 2.45) is 5.10 Å². The number of rotatable bonds is 5. The fourth-order valence-corrected chi connectivity index (χ4v) is 4.15. The fraction of sp³-hybridized carbons (Fsp3) is 0.111. The molecule has 6 heteroatoms. The summed E-state index contributed by atoms with van der Waals surface area (Å²) in [5.41, 5.74) is 7.12. The molecule has 0 saturated carbocycles. The molecule has 1 aliphatic heterocycles. The molecule has 4 aromatic carbocycles. The molecule has 0 bridgehead atoms. The second kappa shape index (κ2) is 8.67. The lowest BCUT2D eigenvalue weighted by Crippen LogP contribution is -2.18. The van der Waals surface area contributed by atoms with Crippen LogP contribution in [0, 0.1) is 0 Å². The topological polar surface area (TPSA) is 74.2 Å². The third-order valence-corrected chi connectivity index (χ3v) is 5.94. The Balaban J connectivity index is 1.29. The molecular weight excluding hydrogens is 414 g/mol. The minimum Gasteiger partial charge on any atom is -0.507 e. The number of hydrogen-bond acceptors (Lipinski definition) is 5. The maximum atomic E-state index is 12.7. The first-order valence-corrected chi connectivity index (χ1v) is 10.7. The molecule has 0 radical (unpaired) electrons. The minimum atomic E-state index is -0.295. The van der Waals surface area contributed by atoms with Gasteiger partial charge in [-0.05, 0) is 64.4 Å². The molecule has 164 valence electrons. The highest BCUT2D eigenvalue weighted by Crippen LogP contribution is 2.30. The Bertz CT molecular complexity index is 1360. The number of amides is 1. The van der Waals surface area contributed by atoms with E-state index < -0.39 is 0 Å². The van der Waals surface area contributed by atoms with Crippen LogP contribution in [0.2, 0.25) is 0 Å². The summed E-state index contributed by atoms with van der Waals surface area (Å²) in [6.45, 7) is 1.53. The molecule has 1 aliphatic rings. The number of benzene rings is 4. The summed E-state index contributed by atoms with van der Waals surface area (Å²) in [4.78, 5) is 14.9. The zero-order valence-electron chi connectivity index (χ0n) is 18.2. The SMILES string of the molecule is COc1ccc(N2Cc3ccc(C(=O)N/N=C/c4c(O)ccc5ccccc45)cc3C2)cc1. The summed E-state index contributed by atoms with van der Waals surface area (Å²) in [5, 5.41) is 16.2. The van der Waals surface area contributed by atoms with E-state index in [9.17, 15) is 9.90 Å². The van der Waals surface area contributed by atoms with Gasteiger partial charge in [0.1, 0.15) is 11.5 Å². The van der Waals surface area contributed by atoms with E-state index in [1.165, 1.54) is 11.8 Å². The van der Waals surface area contributed by atoms with Crippen molar-refractivity contribution >= 4 is 28.6 Å². The lowest BCUT2D eigenvalue weighted by atomic mass is 10.0. The molecule has 1 heterocycles. The average Bonchev–Trinajstić information content (AvgIpc) is 3.29. The molecule has 1 amide bonds. The smallest absolute Gasteiger partial charge is 0.271 e. The fourth-order valence-electron chi connectivity index (χ4n) is 4.15. The van der Waals surface area contributed by atoms with Gasteiger partial charge in [-0.2, -0.15) is 5.10 Å². The van der Waals surface area contributed by atoms with E-state index >= 15 is 0 Å². The van der Waals surface area contributed by atoms with Gasteiger partial charge < -0.3 is 14.7 Å². The number of nitrogens with zero attached hydrogens (tertiary/aromatic N) is 2. The van der Waals surface area contributed by atoms with E-state index in [1.807, 2.05) is 72.8 Å². The Morgan fingerprint density at radius 2 is 1.79 bits per heavy atom. The second-order valence-electron chi connectivity index (χ2n) is 7.96. The Morgan fingerprint density at radius 1 is 1.00 bits per heavy atom. The summed E-state index contributed by atoms with van der Waals surface area (Å²) in [6.07, 6.45) is 1.48. The Labute approximate surface area is 191 Å². The molecule has 0 spiro atoms. The third-order valence-electron chi connectivity index (χ3n) is 5.94. The van der Waals surface area contributed by atoms with Crippen LogP contribution < -0.4 is 15.1 Å². The number of nitrogens with one attached hydrogen (secondary N) is 1. The lowest BCUT2D eigenvalue weighted by Gasteiger charge is -2.17. The van der Waals surface area contributed by atoms with Crippen molar-refractivity contribution in [3.63, 3.8) is 0 Å². The van der Waals surface area contributed by atoms with Crippen molar-refractivity contribution in [2.45, 2.75) is 13.1 Å². The largest absolute Gasteiger partial charge is 0.507 e. The monoisotopic (exact) mass is 437 g/mol. The highest BCUT2D eigenvalue weighted by molar-refractivity contribution is 6.03. The van der Waals surface area contributed by atoms with Crippen molar-refractivity contribution in [2.75, 3.05) is 12.0 Å². The Morgan fingerprint density at radius 3 is 2.61 bits per heavy atom. The molecule has 0 fully saturated rings. The van der Waals surface area contributed by atoms with Crippen molar-refractivity contribution in [3.05, 3.63) is 101 Å². The predicted molar refractivity (Wildman–Crippen MR) is 130 cm³/mol. The van der Waals surface area contributed by atoms with Crippen LogP contribution in [0.4, 0.5) is 5.69 Å². The summed E-state index contributed by atoms with van der Waals surface area (Å²) in [7, 11) is 1.65. The highest BCUT2D eigenvalue weighted by atomic mass is 16.5. The van der Waals surface area contributed by atoms with Gasteiger partial charge in [-0.1, -0.05) is 36.4 Å². The van der Waals surface area contributed by atoms with Gasteiger partial charge in [0.25, 0.3) is 5.91 Å². The van der Waals surface area contributed by atoms with Crippen molar-refractivity contribution in [1.82, 2.24) is 5.43 Å². The van der Waals surface area contributed by atoms with E-state index in [0.717, 1.165) is 40.9 Å². The maximum Gasteiger partial charge on any atom is 0.271 e. The molecule has 4 aromatic rings. The molecule has 0 aliphatic carbocycles. The molecule has 33 heavy (non-hydrogen) atoms. The second-order valence-corrected chi connectivity index (χ2v) is 7.96. The standard InChI is InChI=1S/C27H23N3O3/c1-33-23-11-9-22(10-12-23)30-16-20-7-6-19(14-21(20)17-30)27(32)29-28-15-25-24-5-3-2-4-18(24)8-13-26(25)31/h2-15,31H,16-17H2,1H3,(H,29,32)/b28-15+. The third kappa shape index (κ3) is 4.11. The van der Waals surface area contributed by atoms with Gasteiger partial charge in [0, 0.05) is 29.9 Å². The van der Waals surface area contributed by atoms with E-state index in [1.54, 1.807) is 13.2 Å². The number of phenols is 1. The average molecular weight is 437 g/mol. The number of fused-ring (bicyclic) bond motifs is 2. The number of phenolic OH excluding ortho intramolecular Hbond substituents is 1. The van der Waals surface area contributed by atoms with Crippen LogP contribution >= 0.6 is 0 Å². The predicted octanol–water partition coefficient (Wildman–Crippen LogP) is 4.84. The van der Waals surface area contributed by atoms with E-state index in [-0.39, 0.29) is 11.7 Å².